The third-order valence-corrected chi connectivity index (χ3v) is 6.33. The summed E-state index contributed by atoms with van der Waals surface area (Å²) in [5, 5.41) is 3.16. The smallest absolute Gasteiger partial charge is 0.241 e. The first kappa shape index (κ1) is 16.1. The molecule has 0 bridgehead atoms. The van der Waals surface area contributed by atoms with Crippen molar-refractivity contribution in [3.05, 3.63) is 35.9 Å². The van der Waals surface area contributed by atoms with Gasteiger partial charge in [0.1, 0.15) is 5.54 Å². The molecule has 3 fully saturated rings. The van der Waals surface area contributed by atoms with Crippen LogP contribution in [0.3, 0.4) is 0 Å². The third-order valence-electron chi connectivity index (χ3n) is 6.33. The Kier molecular flexibility index (Phi) is 4.59. The molecular formula is C20H29N3O. The third kappa shape index (κ3) is 2.98. The number of hydrogen-bond donors (Lipinski definition) is 1. The van der Waals surface area contributed by atoms with E-state index in [1.807, 2.05) is 0 Å². The molecule has 2 aliphatic heterocycles. The van der Waals surface area contributed by atoms with Crippen LogP contribution in [-0.4, -0.2) is 47.0 Å². The van der Waals surface area contributed by atoms with E-state index in [0.717, 1.165) is 39.1 Å². The molecule has 4 nitrogen and oxygen atoms in total. The number of carbonyl (C=O) groups excluding carboxylic acids is 1. The van der Waals surface area contributed by atoms with Crippen LogP contribution in [0.1, 0.15) is 50.5 Å². The standard InChI is InChI=1S/C20H29N3O/c24-19-20(23(16-21-19)18-9-5-2-6-10-18)11-13-22(14-12-20)15-17-7-3-1-4-8-17/h1,3-4,7-8,18H,2,5-6,9-16H2,(H,21,24). The summed E-state index contributed by atoms with van der Waals surface area (Å²) in [7, 11) is 0. The molecule has 4 heteroatoms. The second kappa shape index (κ2) is 6.85. The molecule has 130 valence electrons. The average molecular weight is 327 g/mol. The number of likely N-dealkylation sites (tertiary alicyclic amines) is 1. The minimum Gasteiger partial charge on any atom is -0.342 e. The largest absolute Gasteiger partial charge is 0.342 e. The first-order valence-corrected chi connectivity index (χ1v) is 9.59. The second-order valence-electron chi connectivity index (χ2n) is 7.72. The summed E-state index contributed by atoms with van der Waals surface area (Å²) >= 11 is 0. The van der Waals surface area contributed by atoms with Crippen LogP contribution >= 0.6 is 0 Å². The number of rotatable bonds is 3. The number of carbonyl (C=O) groups is 1. The molecule has 0 unspecified atom stereocenters. The maximum absolute atomic E-state index is 12.7. The fourth-order valence-corrected chi connectivity index (χ4v) is 4.91. The van der Waals surface area contributed by atoms with E-state index >= 15 is 0 Å². The topological polar surface area (TPSA) is 35.6 Å². The first-order valence-electron chi connectivity index (χ1n) is 9.59. The molecule has 1 aliphatic carbocycles. The molecule has 24 heavy (non-hydrogen) atoms. The number of benzene rings is 1. The van der Waals surface area contributed by atoms with E-state index in [4.69, 9.17) is 0 Å². The first-order chi connectivity index (χ1) is 11.8. The molecule has 2 heterocycles. The van der Waals surface area contributed by atoms with E-state index in [1.165, 1.54) is 37.7 Å². The van der Waals surface area contributed by atoms with Crippen molar-refractivity contribution in [2.24, 2.45) is 0 Å². The summed E-state index contributed by atoms with van der Waals surface area (Å²) in [6.07, 6.45) is 8.50. The summed E-state index contributed by atoms with van der Waals surface area (Å²) in [6, 6.07) is 11.3. The normalized spacial score (nSPS) is 25.9. The Balaban J connectivity index is 1.42. The van der Waals surface area contributed by atoms with Crippen molar-refractivity contribution in [1.29, 1.82) is 0 Å². The van der Waals surface area contributed by atoms with Gasteiger partial charge in [-0.3, -0.25) is 14.6 Å². The molecule has 1 N–H and O–H groups in total. The highest BCUT2D eigenvalue weighted by Crippen LogP contribution is 2.37. The van der Waals surface area contributed by atoms with Gasteiger partial charge in [-0.2, -0.15) is 0 Å². The molecule has 1 aromatic carbocycles. The zero-order valence-electron chi connectivity index (χ0n) is 14.5. The van der Waals surface area contributed by atoms with Crippen molar-refractivity contribution in [1.82, 2.24) is 15.1 Å². The molecule has 0 atom stereocenters. The molecule has 4 rings (SSSR count). The van der Waals surface area contributed by atoms with Crippen LogP contribution in [0.25, 0.3) is 0 Å². The molecule has 1 spiro atoms. The zero-order chi connectivity index (χ0) is 16.4. The van der Waals surface area contributed by atoms with Gasteiger partial charge in [0.15, 0.2) is 0 Å². The van der Waals surface area contributed by atoms with Gasteiger partial charge < -0.3 is 5.32 Å². The quantitative estimate of drug-likeness (QED) is 0.927. The van der Waals surface area contributed by atoms with Gasteiger partial charge in [0, 0.05) is 25.7 Å². The molecular weight excluding hydrogens is 298 g/mol. The molecule has 0 radical (unpaired) electrons. The van der Waals surface area contributed by atoms with Crippen LogP contribution in [0, 0.1) is 0 Å². The lowest BCUT2D eigenvalue weighted by atomic mass is 9.82. The highest BCUT2D eigenvalue weighted by atomic mass is 16.2. The Bertz CT molecular complexity index is 560. The molecule has 0 aromatic heterocycles. The highest BCUT2D eigenvalue weighted by Gasteiger charge is 2.52. The number of hydrogen-bond acceptors (Lipinski definition) is 3. The van der Waals surface area contributed by atoms with Crippen molar-refractivity contribution < 1.29 is 4.79 Å². The fraction of sp³-hybridized carbons (Fsp3) is 0.650. The van der Waals surface area contributed by atoms with Gasteiger partial charge >= 0.3 is 0 Å². The van der Waals surface area contributed by atoms with Gasteiger partial charge in [-0.15, -0.1) is 0 Å². The molecule has 1 saturated carbocycles. The maximum atomic E-state index is 12.7. The van der Waals surface area contributed by atoms with Gasteiger partial charge in [-0.1, -0.05) is 49.6 Å². The highest BCUT2D eigenvalue weighted by molar-refractivity contribution is 5.88. The van der Waals surface area contributed by atoms with Gasteiger partial charge in [0.25, 0.3) is 0 Å². The number of nitrogens with zero attached hydrogens (tertiary/aromatic N) is 2. The average Bonchev–Trinajstić information content (AvgIpc) is 2.95. The molecule has 1 aromatic rings. The van der Waals surface area contributed by atoms with Crippen LogP contribution in [0.4, 0.5) is 0 Å². The number of piperidine rings is 1. The van der Waals surface area contributed by atoms with Crippen LogP contribution in [0.15, 0.2) is 30.3 Å². The van der Waals surface area contributed by atoms with E-state index in [9.17, 15) is 4.79 Å². The van der Waals surface area contributed by atoms with E-state index in [1.54, 1.807) is 0 Å². The van der Waals surface area contributed by atoms with Crippen LogP contribution in [-0.2, 0) is 11.3 Å². The molecule has 3 aliphatic rings. The van der Waals surface area contributed by atoms with E-state index in [-0.39, 0.29) is 11.4 Å². The maximum Gasteiger partial charge on any atom is 0.241 e. The van der Waals surface area contributed by atoms with Crippen molar-refractivity contribution in [2.75, 3.05) is 19.8 Å². The Morgan fingerprint density at radius 3 is 2.46 bits per heavy atom. The van der Waals surface area contributed by atoms with Gasteiger partial charge in [0.2, 0.25) is 5.91 Å². The number of amides is 1. The zero-order valence-corrected chi connectivity index (χ0v) is 14.5. The summed E-state index contributed by atoms with van der Waals surface area (Å²) < 4.78 is 0. The minimum absolute atomic E-state index is 0.227. The lowest BCUT2D eigenvalue weighted by molar-refractivity contribution is -0.130. The SMILES string of the molecule is O=C1NCN(C2CCCCC2)C12CCN(Cc1ccccc1)CC2. The van der Waals surface area contributed by atoms with E-state index in [2.05, 4.69) is 45.4 Å². The van der Waals surface area contributed by atoms with Crippen LogP contribution in [0.2, 0.25) is 0 Å². The van der Waals surface area contributed by atoms with Crippen LogP contribution < -0.4 is 5.32 Å². The van der Waals surface area contributed by atoms with Gasteiger partial charge in [0.05, 0.1) is 6.67 Å². The Labute approximate surface area is 145 Å². The summed E-state index contributed by atoms with van der Waals surface area (Å²) in [5.41, 5.74) is 1.14. The fourth-order valence-electron chi connectivity index (χ4n) is 4.91. The van der Waals surface area contributed by atoms with Crippen molar-refractivity contribution in [3.63, 3.8) is 0 Å². The predicted octanol–water partition coefficient (Wildman–Crippen LogP) is 2.74. The summed E-state index contributed by atoms with van der Waals surface area (Å²) in [4.78, 5) is 17.7. The summed E-state index contributed by atoms with van der Waals surface area (Å²) in [5.74, 6) is 0.285. The second-order valence-corrected chi connectivity index (χ2v) is 7.72. The predicted molar refractivity (Wildman–Crippen MR) is 95.4 cm³/mol. The number of nitrogens with one attached hydrogen (secondary N) is 1. The Morgan fingerprint density at radius 1 is 1.04 bits per heavy atom. The van der Waals surface area contributed by atoms with Crippen molar-refractivity contribution >= 4 is 5.91 Å². The van der Waals surface area contributed by atoms with Crippen LogP contribution in [0.5, 0.6) is 0 Å². The van der Waals surface area contributed by atoms with E-state index < -0.39 is 0 Å². The minimum atomic E-state index is -0.227. The Hall–Kier alpha value is -1.39. The van der Waals surface area contributed by atoms with Crippen molar-refractivity contribution in [3.8, 4) is 0 Å². The Morgan fingerprint density at radius 2 is 1.75 bits per heavy atom. The van der Waals surface area contributed by atoms with Crippen molar-refractivity contribution in [2.45, 2.75) is 63.1 Å². The van der Waals surface area contributed by atoms with Gasteiger partial charge in [-0.25, -0.2) is 0 Å². The monoisotopic (exact) mass is 327 g/mol. The van der Waals surface area contributed by atoms with E-state index in [0.29, 0.717) is 6.04 Å². The van der Waals surface area contributed by atoms with Gasteiger partial charge in [-0.05, 0) is 31.2 Å². The summed E-state index contributed by atoms with van der Waals surface area (Å²) in [6.45, 7) is 3.81. The molecule has 2 saturated heterocycles. The lowest BCUT2D eigenvalue weighted by Crippen LogP contribution is -2.58. The lowest BCUT2D eigenvalue weighted by Gasteiger charge is -2.46. The molecule has 1 amide bonds.